The number of amides is 1. The number of hydrogen-bond donors (Lipinski definition) is 0. The monoisotopic (exact) mass is 356 g/mol. The summed E-state index contributed by atoms with van der Waals surface area (Å²) in [6.45, 7) is 1.33. The topological polar surface area (TPSA) is 57.7 Å². The predicted octanol–water partition coefficient (Wildman–Crippen LogP) is 2.72. The summed E-state index contributed by atoms with van der Waals surface area (Å²) in [5, 5.41) is 0. The molecule has 1 aliphatic heterocycles. The Balaban J connectivity index is 1.76. The molecule has 5 nitrogen and oxygen atoms in total. The van der Waals surface area contributed by atoms with Crippen LogP contribution in [0, 0.1) is 0 Å². The van der Waals surface area contributed by atoms with Crippen molar-refractivity contribution in [2.24, 2.45) is 0 Å². The lowest BCUT2D eigenvalue weighted by Crippen LogP contribution is -2.45. The molecule has 0 spiro atoms. The Hall–Kier alpha value is -2.34. The van der Waals surface area contributed by atoms with E-state index in [1.165, 1.54) is 18.9 Å². The van der Waals surface area contributed by atoms with Crippen molar-refractivity contribution in [1.82, 2.24) is 0 Å². The highest BCUT2D eigenvalue weighted by atomic mass is 32.2. The van der Waals surface area contributed by atoms with Crippen LogP contribution in [0.5, 0.6) is 0 Å². The molecule has 130 valence electrons. The zero-order valence-electron chi connectivity index (χ0n) is 14.1. The van der Waals surface area contributed by atoms with Gasteiger partial charge in [0.05, 0.1) is 21.8 Å². The normalized spacial score (nSPS) is 17.3. The summed E-state index contributed by atoms with van der Waals surface area (Å²) in [5.74, 6) is -0.260. The molecule has 0 bridgehead atoms. The van der Waals surface area contributed by atoms with Gasteiger partial charge in [0.1, 0.15) is 0 Å². The minimum atomic E-state index is -3.47. The van der Waals surface area contributed by atoms with Gasteiger partial charge in [-0.1, -0.05) is 24.3 Å². The fourth-order valence-corrected chi connectivity index (χ4v) is 4.35. The van der Waals surface area contributed by atoms with Gasteiger partial charge in [0.15, 0.2) is 9.84 Å². The lowest BCUT2D eigenvalue weighted by Gasteiger charge is -2.38. The van der Waals surface area contributed by atoms with E-state index in [0.717, 1.165) is 24.2 Å². The number of nitrogens with zero attached hydrogens (tertiary/aromatic N) is 2. The average Bonchev–Trinajstić information content (AvgIpc) is 3.44. The summed E-state index contributed by atoms with van der Waals surface area (Å²) in [7, 11) is -3.47. The number of carbonyl (C=O) groups is 1. The smallest absolute Gasteiger partial charge is 0.259 e. The maximum atomic E-state index is 13.2. The highest BCUT2D eigenvalue weighted by Crippen LogP contribution is 2.40. The van der Waals surface area contributed by atoms with Crippen LogP contribution >= 0.6 is 0 Å². The third kappa shape index (κ3) is 2.91. The molecule has 0 unspecified atom stereocenters. The summed E-state index contributed by atoms with van der Waals surface area (Å²) in [5.41, 5.74) is 2.15. The number of anilines is 2. The first-order chi connectivity index (χ1) is 12.0. The fourth-order valence-electron chi connectivity index (χ4n) is 3.47. The Morgan fingerprint density at radius 2 is 1.60 bits per heavy atom. The van der Waals surface area contributed by atoms with Crippen molar-refractivity contribution in [3.8, 4) is 0 Å². The molecular formula is C19H20N2O3S. The number of benzene rings is 2. The van der Waals surface area contributed by atoms with Gasteiger partial charge in [0, 0.05) is 25.4 Å². The minimum Gasteiger partial charge on any atom is -0.365 e. The predicted molar refractivity (Wildman–Crippen MR) is 98.0 cm³/mol. The number of carbonyl (C=O) groups excluding carboxylic acids is 1. The molecule has 1 heterocycles. The highest BCUT2D eigenvalue weighted by molar-refractivity contribution is 7.90. The zero-order chi connectivity index (χ0) is 17.6. The van der Waals surface area contributed by atoms with Crippen LogP contribution < -0.4 is 9.80 Å². The molecule has 25 heavy (non-hydrogen) atoms. The van der Waals surface area contributed by atoms with E-state index in [4.69, 9.17) is 0 Å². The average molecular weight is 356 g/mol. The van der Waals surface area contributed by atoms with E-state index < -0.39 is 9.84 Å². The second kappa shape index (κ2) is 5.88. The Labute approximate surface area is 147 Å². The van der Waals surface area contributed by atoms with Crippen molar-refractivity contribution >= 4 is 27.1 Å². The fraction of sp³-hybridized carbons (Fsp3) is 0.316. The Morgan fingerprint density at radius 3 is 2.28 bits per heavy atom. The summed E-state index contributed by atoms with van der Waals surface area (Å²) in [6.07, 6.45) is 3.52. The van der Waals surface area contributed by atoms with Crippen molar-refractivity contribution < 1.29 is 13.2 Å². The molecule has 0 atom stereocenters. The van der Waals surface area contributed by atoms with Crippen molar-refractivity contribution in [1.29, 1.82) is 0 Å². The van der Waals surface area contributed by atoms with Crippen molar-refractivity contribution in [2.75, 3.05) is 29.1 Å². The molecule has 0 aromatic heterocycles. The van der Waals surface area contributed by atoms with Crippen LogP contribution in [0.4, 0.5) is 11.4 Å². The zero-order valence-corrected chi connectivity index (χ0v) is 14.9. The number of sulfone groups is 1. The molecule has 2 aromatic carbocycles. The molecule has 1 fully saturated rings. The summed E-state index contributed by atoms with van der Waals surface area (Å²) in [6, 6.07) is 14.9. The Morgan fingerprint density at radius 1 is 0.960 bits per heavy atom. The van der Waals surface area contributed by atoms with Gasteiger partial charge in [-0.2, -0.15) is 0 Å². The number of rotatable bonds is 3. The van der Waals surface area contributed by atoms with E-state index in [1.807, 2.05) is 24.3 Å². The molecule has 4 rings (SSSR count). The van der Waals surface area contributed by atoms with Crippen LogP contribution in [0.15, 0.2) is 53.4 Å². The van der Waals surface area contributed by atoms with E-state index in [9.17, 15) is 13.2 Å². The third-order valence-corrected chi connectivity index (χ3v) is 5.95. The molecule has 1 aliphatic carbocycles. The number of para-hydroxylation sites is 2. The standard InChI is InChI=1S/C19H20N2O3S/c1-25(23,24)18-9-5-2-6-15(18)19(22)21-13-12-20(14-10-11-14)16-7-3-4-8-17(16)21/h2-9,14H,10-13H2,1H3. The van der Waals surface area contributed by atoms with Gasteiger partial charge in [-0.05, 0) is 37.1 Å². The lowest BCUT2D eigenvalue weighted by molar-refractivity contribution is 0.0983. The highest BCUT2D eigenvalue weighted by Gasteiger charge is 2.36. The van der Waals surface area contributed by atoms with Crippen LogP contribution in [0.3, 0.4) is 0 Å². The van der Waals surface area contributed by atoms with Crippen LogP contribution in [0.2, 0.25) is 0 Å². The van der Waals surface area contributed by atoms with E-state index in [-0.39, 0.29) is 16.4 Å². The second-order valence-corrected chi connectivity index (χ2v) is 8.62. The van der Waals surface area contributed by atoms with Crippen molar-refractivity contribution in [2.45, 2.75) is 23.8 Å². The number of hydrogen-bond acceptors (Lipinski definition) is 4. The molecule has 6 heteroatoms. The van der Waals surface area contributed by atoms with Gasteiger partial charge >= 0.3 is 0 Å². The Bertz CT molecular complexity index is 935. The largest absolute Gasteiger partial charge is 0.365 e. The SMILES string of the molecule is CS(=O)(=O)c1ccccc1C(=O)N1CCN(C2CC2)c2ccccc21. The lowest BCUT2D eigenvalue weighted by atomic mass is 10.1. The van der Waals surface area contributed by atoms with Crippen LogP contribution in [-0.4, -0.2) is 39.7 Å². The first-order valence-corrected chi connectivity index (χ1v) is 10.3. The van der Waals surface area contributed by atoms with Crippen LogP contribution in [0.1, 0.15) is 23.2 Å². The first-order valence-electron chi connectivity index (χ1n) is 8.43. The van der Waals surface area contributed by atoms with Gasteiger partial charge in [-0.15, -0.1) is 0 Å². The van der Waals surface area contributed by atoms with E-state index in [0.29, 0.717) is 12.6 Å². The van der Waals surface area contributed by atoms with Crippen molar-refractivity contribution in [3.63, 3.8) is 0 Å². The molecular weight excluding hydrogens is 336 g/mol. The second-order valence-electron chi connectivity index (χ2n) is 6.64. The maximum absolute atomic E-state index is 13.2. The third-order valence-electron chi connectivity index (χ3n) is 4.80. The number of fused-ring (bicyclic) bond motifs is 1. The van der Waals surface area contributed by atoms with E-state index in [2.05, 4.69) is 4.90 Å². The van der Waals surface area contributed by atoms with Gasteiger partial charge in [0.25, 0.3) is 5.91 Å². The summed E-state index contributed by atoms with van der Waals surface area (Å²) >= 11 is 0. The van der Waals surface area contributed by atoms with Crippen LogP contribution in [-0.2, 0) is 9.84 Å². The van der Waals surface area contributed by atoms with E-state index in [1.54, 1.807) is 23.1 Å². The quantitative estimate of drug-likeness (QED) is 0.848. The van der Waals surface area contributed by atoms with E-state index >= 15 is 0 Å². The molecule has 2 aromatic rings. The molecule has 0 N–H and O–H groups in total. The molecule has 0 saturated heterocycles. The van der Waals surface area contributed by atoms with Gasteiger partial charge in [-0.3, -0.25) is 4.79 Å². The first kappa shape index (κ1) is 16.1. The maximum Gasteiger partial charge on any atom is 0.259 e. The van der Waals surface area contributed by atoms with Gasteiger partial charge in [0.2, 0.25) is 0 Å². The minimum absolute atomic E-state index is 0.0853. The molecule has 2 aliphatic rings. The molecule has 1 saturated carbocycles. The van der Waals surface area contributed by atoms with Gasteiger partial charge < -0.3 is 9.80 Å². The van der Waals surface area contributed by atoms with Gasteiger partial charge in [-0.25, -0.2) is 8.42 Å². The Kier molecular flexibility index (Phi) is 3.80. The van der Waals surface area contributed by atoms with Crippen molar-refractivity contribution in [3.05, 3.63) is 54.1 Å². The molecule has 0 radical (unpaired) electrons. The van der Waals surface area contributed by atoms with Crippen LogP contribution in [0.25, 0.3) is 0 Å². The summed E-state index contributed by atoms with van der Waals surface area (Å²) in [4.78, 5) is 17.3. The molecule has 1 amide bonds. The summed E-state index contributed by atoms with van der Waals surface area (Å²) < 4.78 is 24.1.